The maximum atomic E-state index is 12.0. The molecule has 0 aliphatic rings. The number of hydrogen-bond acceptors (Lipinski definition) is 4. The number of nitrogens with one attached hydrogen (secondary N) is 1. The Morgan fingerprint density at radius 3 is 2.17 bits per heavy atom. The highest BCUT2D eigenvalue weighted by atomic mass is 19.4. The van der Waals surface area contributed by atoms with Crippen LogP contribution in [0.15, 0.2) is 24.3 Å². The van der Waals surface area contributed by atoms with Crippen LogP contribution in [-0.4, -0.2) is 30.9 Å². The predicted octanol–water partition coefficient (Wildman–Crippen LogP) is 2.90. The van der Waals surface area contributed by atoms with E-state index in [0.717, 1.165) is 24.3 Å². The van der Waals surface area contributed by atoms with E-state index < -0.39 is 30.1 Å². The van der Waals surface area contributed by atoms with Crippen molar-refractivity contribution in [1.29, 1.82) is 0 Å². The van der Waals surface area contributed by atoms with Crippen LogP contribution < -0.4 is 10.1 Å². The minimum absolute atomic E-state index is 0.0167. The van der Waals surface area contributed by atoms with Crippen molar-refractivity contribution in [3.05, 3.63) is 29.8 Å². The highest BCUT2D eigenvalue weighted by Gasteiger charge is 2.31. The largest absolute Gasteiger partial charge is 0.573 e. The third-order valence-corrected chi connectivity index (χ3v) is 2.66. The molecule has 1 amide bonds. The lowest BCUT2D eigenvalue weighted by Crippen LogP contribution is -2.37. The molecule has 1 atom stereocenters. The van der Waals surface area contributed by atoms with Gasteiger partial charge in [0.1, 0.15) is 5.75 Å². The van der Waals surface area contributed by atoms with Gasteiger partial charge in [0, 0.05) is 6.54 Å². The summed E-state index contributed by atoms with van der Waals surface area (Å²) in [5.74, 6) is -1.44. The van der Waals surface area contributed by atoms with Gasteiger partial charge < -0.3 is 14.8 Å². The van der Waals surface area contributed by atoms with Crippen molar-refractivity contribution >= 4 is 11.9 Å². The molecule has 0 radical (unpaired) electrons. The van der Waals surface area contributed by atoms with Gasteiger partial charge in [-0.2, -0.15) is 0 Å². The van der Waals surface area contributed by atoms with Gasteiger partial charge in [-0.1, -0.05) is 13.8 Å². The number of alkyl halides is 3. The van der Waals surface area contributed by atoms with Gasteiger partial charge in [0.2, 0.25) is 0 Å². The molecule has 5 nitrogen and oxygen atoms in total. The quantitative estimate of drug-likeness (QED) is 0.813. The van der Waals surface area contributed by atoms with Crippen molar-refractivity contribution in [2.24, 2.45) is 5.92 Å². The van der Waals surface area contributed by atoms with Gasteiger partial charge in [-0.25, -0.2) is 4.79 Å². The van der Waals surface area contributed by atoms with E-state index in [1.54, 1.807) is 0 Å². The fourth-order valence-corrected chi connectivity index (χ4v) is 1.52. The predicted molar refractivity (Wildman–Crippen MR) is 75.9 cm³/mol. The van der Waals surface area contributed by atoms with Crippen molar-refractivity contribution in [1.82, 2.24) is 5.32 Å². The van der Waals surface area contributed by atoms with Gasteiger partial charge >= 0.3 is 12.3 Å². The first-order chi connectivity index (χ1) is 10.6. The number of hydrogen-bond donors (Lipinski definition) is 1. The SMILES string of the molecule is CC(C)CNC(=O)C(C)OC(=O)c1ccc(OC(F)(F)F)cc1. The summed E-state index contributed by atoms with van der Waals surface area (Å²) >= 11 is 0. The van der Waals surface area contributed by atoms with Gasteiger partial charge in [-0.15, -0.1) is 13.2 Å². The minimum Gasteiger partial charge on any atom is -0.449 e. The number of carbonyl (C=O) groups is 2. The lowest BCUT2D eigenvalue weighted by Gasteiger charge is -2.15. The van der Waals surface area contributed by atoms with E-state index in [2.05, 4.69) is 10.1 Å². The zero-order chi connectivity index (χ0) is 17.6. The third-order valence-electron chi connectivity index (χ3n) is 2.66. The van der Waals surface area contributed by atoms with Crippen LogP contribution >= 0.6 is 0 Å². The van der Waals surface area contributed by atoms with E-state index in [0.29, 0.717) is 6.54 Å². The number of benzene rings is 1. The lowest BCUT2D eigenvalue weighted by molar-refractivity contribution is -0.274. The first kappa shape index (κ1) is 18.8. The second-order valence-electron chi connectivity index (χ2n) is 5.26. The molecule has 0 bridgehead atoms. The van der Waals surface area contributed by atoms with Crippen LogP contribution in [0.4, 0.5) is 13.2 Å². The maximum absolute atomic E-state index is 12.0. The highest BCUT2D eigenvalue weighted by Crippen LogP contribution is 2.23. The molecule has 1 N–H and O–H groups in total. The van der Waals surface area contributed by atoms with Crippen LogP contribution in [0.3, 0.4) is 0 Å². The van der Waals surface area contributed by atoms with Gasteiger partial charge in [0.15, 0.2) is 6.10 Å². The molecular weight excluding hydrogens is 315 g/mol. The summed E-state index contributed by atoms with van der Waals surface area (Å²) in [6, 6.07) is 4.24. The Labute approximate surface area is 131 Å². The van der Waals surface area contributed by atoms with Crippen LogP contribution in [0, 0.1) is 5.92 Å². The van der Waals surface area contributed by atoms with E-state index in [1.807, 2.05) is 13.8 Å². The average Bonchev–Trinajstić information content (AvgIpc) is 2.43. The molecule has 0 aliphatic carbocycles. The van der Waals surface area contributed by atoms with Crippen molar-refractivity contribution < 1.29 is 32.2 Å². The summed E-state index contributed by atoms with van der Waals surface area (Å²) in [4.78, 5) is 23.5. The molecule has 0 heterocycles. The van der Waals surface area contributed by atoms with Crippen LogP contribution in [0.2, 0.25) is 0 Å². The van der Waals surface area contributed by atoms with E-state index in [1.165, 1.54) is 6.92 Å². The molecule has 0 spiro atoms. The number of esters is 1. The molecule has 23 heavy (non-hydrogen) atoms. The van der Waals surface area contributed by atoms with Crippen molar-refractivity contribution in [2.75, 3.05) is 6.54 Å². The Balaban J connectivity index is 2.59. The van der Waals surface area contributed by atoms with Gasteiger partial charge in [-0.3, -0.25) is 4.79 Å². The van der Waals surface area contributed by atoms with Crippen molar-refractivity contribution in [2.45, 2.75) is 33.2 Å². The van der Waals surface area contributed by atoms with Gasteiger partial charge in [-0.05, 0) is 37.1 Å². The highest BCUT2D eigenvalue weighted by molar-refractivity contribution is 5.92. The Hall–Kier alpha value is -2.25. The molecule has 0 fully saturated rings. The summed E-state index contributed by atoms with van der Waals surface area (Å²) in [6.07, 6.45) is -5.81. The molecule has 1 aromatic rings. The molecule has 0 saturated heterocycles. The second-order valence-corrected chi connectivity index (χ2v) is 5.26. The number of carbonyl (C=O) groups excluding carboxylic acids is 2. The van der Waals surface area contributed by atoms with Crippen molar-refractivity contribution in [3.8, 4) is 5.75 Å². The van der Waals surface area contributed by atoms with Crippen LogP contribution in [0.1, 0.15) is 31.1 Å². The Morgan fingerprint density at radius 1 is 1.13 bits per heavy atom. The first-order valence-corrected chi connectivity index (χ1v) is 6.93. The normalized spacial score (nSPS) is 12.7. The topological polar surface area (TPSA) is 64.6 Å². The Kier molecular flexibility index (Phi) is 6.41. The number of rotatable bonds is 6. The van der Waals surface area contributed by atoms with E-state index in [-0.39, 0.29) is 11.5 Å². The number of amides is 1. The molecule has 0 aromatic heterocycles. The van der Waals surface area contributed by atoms with E-state index >= 15 is 0 Å². The second kappa shape index (κ2) is 7.85. The van der Waals surface area contributed by atoms with Crippen LogP contribution in [0.5, 0.6) is 5.75 Å². The standard InChI is InChI=1S/C15H18F3NO4/c1-9(2)8-19-13(20)10(3)22-14(21)11-4-6-12(7-5-11)23-15(16,17)18/h4-7,9-10H,8H2,1-3H3,(H,19,20). The molecule has 1 rings (SSSR count). The minimum atomic E-state index is -4.80. The smallest absolute Gasteiger partial charge is 0.449 e. The summed E-state index contributed by atoms with van der Waals surface area (Å²) < 4.78 is 44.7. The summed E-state index contributed by atoms with van der Waals surface area (Å²) in [5, 5.41) is 2.61. The fourth-order valence-electron chi connectivity index (χ4n) is 1.52. The monoisotopic (exact) mass is 333 g/mol. The van der Waals surface area contributed by atoms with Crippen LogP contribution in [-0.2, 0) is 9.53 Å². The summed E-state index contributed by atoms with van der Waals surface area (Å²) in [7, 11) is 0. The summed E-state index contributed by atoms with van der Waals surface area (Å²) in [5.41, 5.74) is 0.0167. The van der Waals surface area contributed by atoms with Crippen molar-refractivity contribution in [3.63, 3.8) is 0 Å². The van der Waals surface area contributed by atoms with E-state index in [9.17, 15) is 22.8 Å². The molecule has 1 unspecified atom stereocenters. The average molecular weight is 333 g/mol. The molecular formula is C15H18F3NO4. The number of halogens is 3. The number of ether oxygens (including phenoxy) is 2. The molecule has 0 aliphatic heterocycles. The first-order valence-electron chi connectivity index (χ1n) is 6.93. The zero-order valence-corrected chi connectivity index (χ0v) is 12.9. The molecule has 1 aromatic carbocycles. The summed E-state index contributed by atoms with van der Waals surface area (Å²) in [6.45, 7) is 5.70. The molecule has 0 saturated carbocycles. The molecule has 8 heteroatoms. The van der Waals surface area contributed by atoms with Crippen LogP contribution in [0.25, 0.3) is 0 Å². The van der Waals surface area contributed by atoms with E-state index in [4.69, 9.17) is 4.74 Å². The lowest BCUT2D eigenvalue weighted by atomic mass is 10.2. The zero-order valence-electron chi connectivity index (χ0n) is 12.9. The molecule has 128 valence electrons. The van der Waals surface area contributed by atoms with Gasteiger partial charge in [0.05, 0.1) is 5.56 Å². The maximum Gasteiger partial charge on any atom is 0.573 e. The fraction of sp³-hybridized carbons (Fsp3) is 0.467. The Morgan fingerprint density at radius 2 is 1.70 bits per heavy atom. The third kappa shape index (κ3) is 7.03. The Bertz CT molecular complexity index is 541. The van der Waals surface area contributed by atoms with Gasteiger partial charge in [0.25, 0.3) is 5.91 Å².